The van der Waals surface area contributed by atoms with Crippen molar-refractivity contribution in [1.82, 2.24) is 9.80 Å². The maximum atomic E-state index is 12.2. The van der Waals surface area contributed by atoms with Crippen LogP contribution in [0.25, 0.3) is 0 Å². The molecule has 1 amide bonds. The zero-order valence-electron chi connectivity index (χ0n) is 16.1. The Hall–Kier alpha value is -1.55. The fourth-order valence-electron chi connectivity index (χ4n) is 4.64. The highest BCUT2D eigenvalue weighted by atomic mass is 16.5. The Kier molecular flexibility index (Phi) is 5.21. The van der Waals surface area contributed by atoms with Gasteiger partial charge in [-0.3, -0.25) is 9.69 Å². The van der Waals surface area contributed by atoms with E-state index in [9.17, 15) is 4.79 Å². The third-order valence-electron chi connectivity index (χ3n) is 6.62. The number of benzene rings is 1. The Morgan fingerprint density at radius 3 is 2.65 bits per heavy atom. The predicted molar refractivity (Wildman–Crippen MR) is 103 cm³/mol. The van der Waals surface area contributed by atoms with Crippen LogP contribution in [0.4, 0.5) is 0 Å². The summed E-state index contributed by atoms with van der Waals surface area (Å²) in [6.07, 6.45) is 7.80. The molecule has 4 rings (SSSR count). The smallest absolute Gasteiger partial charge is 0.222 e. The van der Waals surface area contributed by atoms with Gasteiger partial charge in [0.25, 0.3) is 0 Å². The molecule has 0 aromatic heterocycles. The highest BCUT2D eigenvalue weighted by Crippen LogP contribution is 2.43. The van der Waals surface area contributed by atoms with E-state index >= 15 is 0 Å². The van der Waals surface area contributed by atoms with Crippen molar-refractivity contribution < 1.29 is 9.53 Å². The molecule has 0 unspecified atom stereocenters. The fourth-order valence-corrected chi connectivity index (χ4v) is 4.64. The molecule has 0 atom stereocenters. The Morgan fingerprint density at radius 1 is 1.15 bits per heavy atom. The lowest BCUT2D eigenvalue weighted by molar-refractivity contribution is -0.139. The number of hydrogen-bond donors (Lipinski definition) is 0. The van der Waals surface area contributed by atoms with Gasteiger partial charge in [-0.15, -0.1) is 0 Å². The van der Waals surface area contributed by atoms with Crippen molar-refractivity contribution in [3.8, 4) is 5.75 Å². The average Bonchev–Trinajstić information content (AvgIpc) is 3.51. The van der Waals surface area contributed by atoms with Crippen LogP contribution in [0, 0.1) is 5.41 Å². The number of piperidine rings is 2. The average molecular weight is 357 g/mol. The van der Waals surface area contributed by atoms with E-state index < -0.39 is 0 Å². The van der Waals surface area contributed by atoms with E-state index in [2.05, 4.69) is 41.0 Å². The number of likely N-dealkylation sites (tertiary alicyclic amines) is 2. The van der Waals surface area contributed by atoms with Gasteiger partial charge in [-0.05, 0) is 68.7 Å². The zero-order valence-corrected chi connectivity index (χ0v) is 16.1. The van der Waals surface area contributed by atoms with E-state index in [0.29, 0.717) is 17.4 Å². The lowest BCUT2D eigenvalue weighted by atomic mass is 9.72. The van der Waals surface area contributed by atoms with Crippen LogP contribution in [-0.4, -0.2) is 54.5 Å². The predicted octanol–water partition coefficient (Wildman–Crippen LogP) is 3.49. The van der Waals surface area contributed by atoms with Gasteiger partial charge < -0.3 is 9.64 Å². The summed E-state index contributed by atoms with van der Waals surface area (Å²) >= 11 is 0. The fraction of sp³-hybridized carbons (Fsp3) is 0.682. The molecule has 1 aromatic rings. The molecule has 0 radical (unpaired) electrons. The molecule has 2 aliphatic heterocycles. The van der Waals surface area contributed by atoms with Gasteiger partial charge in [0, 0.05) is 25.6 Å². The van der Waals surface area contributed by atoms with Gasteiger partial charge in [0.2, 0.25) is 5.91 Å². The van der Waals surface area contributed by atoms with Gasteiger partial charge in [0.15, 0.2) is 0 Å². The highest BCUT2D eigenvalue weighted by Gasteiger charge is 2.44. The molecule has 0 bridgehead atoms. The minimum atomic E-state index is 0.392. The molecule has 1 aliphatic carbocycles. The number of amides is 1. The van der Waals surface area contributed by atoms with E-state index in [1.807, 2.05) is 0 Å². The number of carbonyl (C=O) groups excluding carboxylic acids is 1. The second-order valence-electron chi connectivity index (χ2n) is 8.40. The molecule has 2 saturated heterocycles. The molecular formula is C22H32N2O2. The van der Waals surface area contributed by atoms with E-state index in [4.69, 9.17) is 4.74 Å². The molecule has 2 heterocycles. The number of hydrogen-bond acceptors (Lipinski definition) is 3. The molecule has 142 valence electrons. The first-order valence-corrected chi connectivity index (χ1v) is 10.4. The second kappa shape index (κ2) is 7.59. The maximum absolute atomic E-state index is 12.2. The lowest BCUT2D eigenvalue weighted by Crippen LogP contribution is -2.52. The van der Waals surface area contributed by atoms with Crippen molar-refractivity contribution in [1.29, 1.82) is 0 Å². The quantitative estimate of drug-likeness (QED) is 0.782. The van der Waals surface area contributed by atoms with Crippen LogP contribution in [0.1, 0.15) is 51.0 Å². The third-order valence-corrected chi connectivity index (χ3v) is 6.62. The Bertz CT molecular complexity index is 633. The van der Waals surface area contributed by atoms with Gasteiger partial charge in [-0.1, -0.05) is 25.1 Å². The first kappa shape index (κ1) is 17.8. The SMILES string of the molecule is CCc1ccccc1OCCN1CCC2(CCC(=O)N(C3CC3)C2)CC1. The molecular weight excluding hydrogens is 324 g/mol. The molecule has 1 saturated carbocycles. The van der Waals surface area contributed by atoms with Crippen molar-refractivity contribution in [2.45, 2.75) is 57.9 Å². The molecule has 0 N–H and O–H groups in total. The summed E-state index contributed by atoms with van der Waals surface area (Å²) in [6, 6.07) is 8.93. The van der Waals surface area contributed by atoms with Gasteiger partial charge >= 0.3 is 0 Å². The Balaban J connectivity index is 1.24. The number of rotatable bonds is 6. The van der Waals surface area contributed by atoms with Crippen molar-refractivity contribution in [3.05, 3.63) is 29.8 Å². The second-order valence-corrected chi connectivity index (χ2v) is 8.40. The topological polar surface area (TPSA) is 32.8 Å². The van der Waals surface area contributed by atoms with Crippen molar-refractivity contribution >= 4 is 5.91 Å². The Labute approximate surface area is 157 Å². The van der Waals surface area contributed by atoms with Gasteiger partial charge in [-0.25, -0.2) is 0 Å². The summed E-state index contributed by atoms with van der Waals surface area (Å²) in [5.74, 6) is 1.44. The summed E-state index contributed by atoms with van der Waals surface area (Å²) in [7, 11) is 0. The van der Waals surface area contributed by atoms with Crippen LogP contribution in [0.2, 0.25) is 0 Å². The van der Waals surface area contributed by atoms with E-state index in [1.165, 1.54) is 31.2 Å². The molecule has 3 fully saturated rings. The minimum absolute atomic E-state index is 0.392. The number of carbonyl (C=O) groups is 1. The van der Waals surface area contributed by atoms with Crippen molar-refractivity contribution in [2.75, 3.05) is 32.8 Å². The zero-order chi connectivity index (χ0) is 18.0. The van der Waals surface area contributed by atoms with Gasteiger partial charge in [-0.2, -0.15) is 0 Å². The van der Waals surface area contributed by atoms with E-state index in [1.54, 1.807) is 0 Å². The summed E-state index contributed by atoms with van der Waals surface area (Å²) in [5, 5.41) is 0. The van der Waals surface area contributed by atoms with Crippen molar-refractivity contribution in [3.63, 3.8) is 0 Å². The minimum Gasteiger partial charge on any atom is -0.492 e. The normalized spacial score (nSPS) is 23.4. The lowest BCUT2D eigenvalue weighted by Gasteiger charge is -2.47. The van der Waals surface area contributed by atoms with Gasteiger partial charge in [0.05, 0.1) is 0 Å². The number of para-hydroxylation sites is 1. The van der Waals surface area contributed by atoms with Crippen LogP contribution >= 0.6 is 0 Å². The van der Waals surface area contributed by atoms with Crippen LogP contribution in [-0.2, 0) is 11.2 Å². The molecule has 4 heteroatoms. The molecule has 3 aliphatic rings. The van der Waals surface area contributed by atoms with Gasteiger partial charge in [0.1, 0.15) is 12.4 Å². The largest absolute Gasteiger partial charge is 0.492 e. The Morgan fingerprint density at radius 2 is 1.92 bits per heavy atom. The van der Waals surface area contributed by atoms with E-state index in [-0.39, 0.29) is 0 Å². The maximum Gasteiger partial charge on any atom is 0.222 e. The molecule has 26 heavy (non-hydrogen) atoms. The van der Waals surface area contributed by atoms with E-state index in [0.717, 1.165) is 57.8 Å². The molecule has 4 nitrogen and oxygen atoms in total. The van der Waals surface area contributed by atoms with Crippen molar-refractivity contribution in [2.24, 2.45) is 5.41 Å². The standard InChI is InChI=1S/C22H32N2O2/c1-2-18-5-3-4-6-20(18)26-16-15-23-13-11-22(12-14-23)10-9-21(25)24(17-22)19-7-8-19/h3-6,19H,2,7-17H2,1H3. The molecule has 1 spiro atoms. The first-order valence-electron chi connectivity index (χ1n) is 10.4. The monoisotopic (exact) mass is 356 g/mol. The number of nitrogens with zero attached hydrogens (tertiary/aromatic N) is 2. The first-order chi connectivity index (χ1) is 12.7. The molecule has 1 aromatic carbocycles. The van der Waals surface area contributed by atoms with Crippen LogP contribution in [0.3, 0.4) is 0 Å². The van der Waals surface area contributed by atoms with Crippen LogP contribution < -0.4 is 4.74 Å². The number of ether oxygens (including phenoxy) is 1. The summed E-state index contributed by atoms with van der Waals surface area (Å²) < 4.78 is 6.04. The summed E-state index contributed by atoms with van der Waals surface area (Å²) in [6.45, 7) is 7.24. The highest BCUT2D eigenvalue weighted by molar-refractivity contribution is 5.77. The van der Waals surface area contributed by atoms with Crippen LogP contribution in [0.15, 0.2) is 24.3 Å². The third kappa shape index (κ3) is 3.90. The number of aryl methyl sites for hydroxylation is 1. The summed E-state index contributed by atoms with van der Waals surface area (Å²) in [5.41, 5.74) is 1.68. The summed E-state index contributed by atoms with van der Waals surface area (Å²) in [4.78, 5) is 16.9. The van der Waals surface area contributed by atoms with Crippen LogP contribution in [0.5, 0.6) is 5.75 Å².